The molecule has 0 aliphatic heterocycles. The fraction of sp³-hybridized carbons (Fsp3) is 1.00. The van der Waals surface area contributed by atoms with Crippen LogP contribution in [0.25, 0.3) is 0 Å². The van der Waals surface area contributed by atoms with Gasteiger partial charge in [-0.3, -0.25) is 0 Å². The van der Waals surface area contributed by atoms with Crippen LogP contribution in [-0.4, -0.2) is 24.4 Å². The highest BCUT2D eigenvalue weighted by Gasteiger charge is 2.30. The maximum atomic E-state index is 10.2. The van der Waals surface area contributed by atoms with E-state index >= 15 is 0 Å². The normalized spacial score (nSPS) is 15.1. The first-order chi connectivity index (χ1) is 9.93. The summed E-state index contributed by atoms with van der Waals surface area (Å²) in [5.74, 6) is 0. The molecule has 0 aromatic carbocycles. The van der Waals surface area contributed by atoms with E-state index in [1.807, 2.05) is 0 Å². The van der Waals surface area contributed by atoms with E-state index in [9.17, 15) is 5.11 Å². The fourth-order valence-corrected chi connectivity index (χ4v) is 3.08. The van der Waals surface area contributed by atoms with Gasteiger partial charge in [0.15, 0.2) is 0 Å². The van der Waals surface area contributed by atoms with E-state index in [2.05, 4.69) is 27.7 Å². The van der Waals surface area contributed by atoms with Gasteiger partial charge in [-0.25, -0.2) is 0 Å². The van der Waals surface area contributed by atoms with Crippen LogP contribution >= 0.6 is 0 Å². The molecule has 0 bridgehead atoms. The maximum Gasteiger partial charge on any atom is 0.0878 e. The minimum Gasteiger partial charge on any atom is -0.390 e. The molecule has 0 aromatic rings. The molecule has 0 amide bonds. The largest absolute Gasteiger partial charge is 0.390 e. The third-order valence-electron chi connectivity index (χ3n) is 4.31. The third kappa shape index (κ3) is 11.2. The number of rotatable bonds is 13. The second-order valence-corrected chi connectivity index (χ2v) is 7.56. The summed E-state index contributed by atoms with van der Waals surface area (Å²) in [4.78, 5) is 0. The van der Waals surface area contributed by atoms with Crippen molar-refractivity contribution in [1.82, 2.24) is 0 Å². The van der Waals surface area contributed by atoms with Gasteiger partial charge in [0.05, 0.1) is 12.2 Å². The summed E-state index contributed by atoms with van der Waals surface area (Å²) < 4.78 is 5.47. The fourth-order valence-electron chi connectivity index (χ4n) is 3.08. The van der Waals surface area contributed by atoms with Gasteiger partial charge in [0, 0.05) is 7.11 Å². The second kappa shape index (κ2) is 12.5. The molecule has 0 spiro atoms. The van der Waals surface area contributed by atoms with Crippen molar-refractivity contribution in [2.24, 2.45) is 5.41 Å². The molecule has 2 atom stereocenters. The van der Waals surface area contributed by atoms with Gasteiger partial charge < -0.3 is 9.84 Å². The molecule has 0 saturated carbocycles. The van der Waals surface area contributed by atoms with Crippen molar-refractivity contribution < 1.29 is 9.84 Å². The number of hydrogen-bond acceptors (Lipinski definition) is 2. The van der Waals surface area contributed by atoms with Crippen molar-refractivity contribution in [2.45, 2.75) is 111 Å². The molecule has 0 fully saturated rings. The molecule has 0 aliphatic carbocycles. The number of unbranched alkanes of at least 4 members (excludes halogenated alkanes) is 9. The van der Waals surface area contributed by atoms with Gasteiger partial charge in [-0.15, -0.1) is 0 Å². The number of hydrogen-bond donors (Lipinski definition) is 1. The van der Waals surface area contributed by atoms with Crippen molar-refractivity contribution in [2.75, 3.05) is 7.11 Å². The van der Waals surface area contributed by atoms with Crippen LogP contribution in [0.5, 0.6) is 0 Å². The van der Waals surface area contributed by atoms with Gasteiger partial charge in [0.2, 0.25) is 0 Å². The first kappa shape index (κ1) is 20.9. The Morgan fingerprint density at radius 1 is 0.810 bits per heavy atom. The topological polar surface area (TPSA) is 29.5 Å². The first-order valence-electron chi connectivity index (χ1n) is 9.14. The number of ether oxygens (including phenoxy) is 1. The Morgan fingerprint density at radius 2 is 1.24 bits per heavy atom. The predicted molar refractivity (Wildman–Crippen MR) is 92.7 cm³/mol. The smallest absolute Gasteiger partial charge is 0.0878 e. The van der Waals surface area contributed by atoms with Gasteiger partial charge in [-0.1, -0.05) is 91.9 Å². The highest BCUT2D eigenvalue weighted by atomic mass is 16.5. The lowest BCUT2D eigenvalue weighted by Gasteiger charge is -2.33. The molecule has 0 saturated heterocycles. The first-order valence-corrected chi connectivity index (χ1v) is 9.14. The highest BCUT2D eigenvalue weighted by Crippen LogP contribution is 2.26. The molecule has 128 valence electrons. The minimum absolute atomic E-state index is 0.00660. The second-order valence-electron chi connectivity index (χ2n) is 7.56. The zero-order chi connectivity index (χ0) is 16.1. The van der Waals surface area contributed by atoms with Crippen molar-refractivity contribution in [3.63, 3.8) is 0 Å². The van der Waals surface area contributed by atoms with E-state index in [1.54, 1.807) is 7.11 Å². The van der Waals surface area contributed by atoms with Crippen LogP contribution in [0.15, 0.2) is 0 Å². The summed E-state index contributed by atoms with van der Waals surface area (Å²) in [5, 5.41) is 10.2. The van der Waals surface area contributed by atoms with E-state index in [0.717, 1.165) is 12.8 Å². The summed E-state index contributed by atoms with van der Waals surface area (Å²) >= 11 is 0. The average molecular weight is 301 g/mol. The van der Waals surface area contributed by atoms with Crippen LogP contribution in [-0.2, 0) is 4.74 Å². The Labute approximate surface area is 133 Å². The molecular formula is C19H40O2. The maximum absolute atomic E-state index is 10.2. The minimum atomic E-state index is -0.330. The molecule has 2 nitrogen and oxygen atoms in total. The predicted octanol–water partition coefficient (Wildman–Crippen LogP) is 5.72. The molecule has 0 heterocycles. The molecule has 0 rings (SSSR count). The van der Waals surface area contributed by atoms with E-state index in [0.29, 0.717) is 0 Å². The number of aliphatic hydroxyl groups is 1. The molecular weight excluding hydrogens is 260 g/mol. The molecule has 21 heavy (non-hydrogen) atoms. The number of aliphatic hydroxyl groups excluding tert-OH is 1. The lowest BCUT2D eigenvalue weighted by molar-refractivity contribution is -0.0738. The van der Waals surface area contributed by atoms with E-state index in [4.69, 9.17) is 4.74 Å². The van der Waals surface area contributed by atoms with Gasteiger partial charge in [-0.05, 0) is 11.8 Å². The Kier molecular flexibility index (Phi) is 12.4. The van der Waals surface area contributed by atoms with Crippen molar-refractivity contribution in [1.29, 1.82) is 0 Å². The van der Waals surface area contributed by atoms with Crippen LogP contribution < -0.4 is 0 Å². The van der Waals surface area contributed by atoms with Gasteiger partial charge in [-0.2, -0.15) is 0 Å². The lowest BCUT2D eigenvalue weighted by atomic mass is 9.84. The zero-order valence-electron chi connectivity index (χ0n) is 15.3. The standard InChI is InChI=1S/C19H40O2/c1-6-7-8-9-10-11-12-13-14-15-16-17(20)18(21-5)19(2,3)4/h17-18,20H,6-16H2,1-5H3. The van der Waals surface area contributed by atoms with Gasteiger partial charge in [0.1, 0.15) is 0 Å². The Morgan fingerprint density at radius 3 is 1.62 bits per heavy atom. The monoisotopic (exact) mass is 300 g/mol. The molecule has 0 radical (unpaired) electrons. The van der Waals surface area contributed by atoms with E-state index in [-0.39, 0.29) is 17.6 Å². The SMILES string of the molecule is CCCCCCCCCCCCC(O)C(OC)C(C)(C)C. The van der Waals surface area contributed by atoms with Crippen LogP contribution in [0.1, 0.15) is 98.3 Å². The summed E-state index contributed by atoms with van der Waals surface area (Å²) in [6.07, 6.45) is 13.8. The molecule has 2 unspecified atom stereocenters. The average Bonchev–Trinajstić information content (AvgIpc) is 2.40. The number of methoxy groups -OCH3 is 1. The van der Waals surface area contributed by atoms with Crippen molar-refractivity contribution in [3.05, 3.63) is 0 Å². The third-order valence-corrected chi connectivity index (χ3v) is 4.31. The van der Waals surface area contributed by atoms with Crippen LogP contribution in [0.2, 0.25) is 0 Å². The molecule has 2 heteroatoms. The summed E-state index contributed by atoms with van der Waals surface area (Å²) in [6, 6.07) is 0. The quantitative estimate of drug-likeness (QED) is 0.441. The Hall–Kier alpha value is -0.0800. The van der Waals surface area contributed by atoms with Gasteiger partial charge in [0.25, 0.3) is 0 Å². The van der Waals surface area contributed by atoms with E-state index < -0.39 is 0 Å². The summed E-state index contributed by atoms with van der Waals surface area (Å²) in [5.41, 5.74) is 0.00660. The molecule has 1 N–H and O–H groups in total. The van der Waals surface area contributed by atoms with Gasteiger partial charge >= 0.3 is 0 Å². The Balaban J connectivity index is 3.50. The zero-order valence-corrected chi connectivity index (χ0v) is 15.3. The highest BCUT2D eigenvalue weighted by molar-refractivity contribution is 4.80. The van der Waals surface area contributed by atoms with Crippen molar-refractivity contribution >= 4 is 0 Å². The summed E-state index contributed by atoms with van der Waals surface area (Å²) in [7, 11) is 1.71. The molecule has 0 aromatic heterocycles. The van der Waals surface area contributed by atoms with E-state index in [1.165, 1.54) is 57.8 Å². The summed E-state index contributed by atoms with van der Waals surface area (Å²) in [6.45, 7) is 8.65. The lowest BCUT2D eigenvalue weighted by Crippen LogP contribution is -2.39. The van der Waals surface area contributed by atoms with Crippen LogP contribution in [0.3, 0.4) is 0 Å². The van der Waals surface area contributed by atoms with Crippen LogP contribution in [0, 0.1) is 5.41 Å². The Bertz CT molecular complexity index is 220. The van der Waals surface area contributed by atoms with Crippen LogP contribution in [0.4, 0.5) is 0 Å². The van der Waals surface area contributed by atoms with Crippen molar-refractivity contribution in [3.8, 4) is 0 Å². The molecule has 0 aliphatic rings.